The standard InChI is InChI=1S/C9H11N2O6P/c10-9(18(15,16)17)5-8(12)6-2-1-3-7(4-6)11(13)14/h1-4,9H,5,10H2,(H2,15,16,17)/t9-/m0/s1. The number of non-ortho nitro benzene ring substituents is 1. The number of ketones is 1. The molecular weight excluding hydrogens is 263 g/mol. The van der Waals surface area contributed by atoms with Gasteiger partial charge in [0.1, 0.15) is 5.78 Å². The normalized spacial score (nSPS) is 13.1. The fourth-order valence-corrected chi connectivity index (χ4v) is 1.62. The highest BCUT2D eigenvalue weighted by molar-refractivity contribution is 7.52. The zero-order chi connectivity index (χ0) is 13.9. The van der Waals surface area contributed by atoms with Crippen molar-refractivity contribution in [2.45, 2.75) is 12.2 Å². The molecule has 0 radical (unpaired) electrons. The summed E-state index contributed by atoms with van der Waals surface area (Å²) in [4.78, 5) is 39.0. The molecule has 0 spiro atoms. The molecule has 1 atom stereocenters. The van der Waals surface area contributed by atoms with Gasteiger partial charge in [-0.2, -0.15) is 0 Å². The molecule has 0 saturated heterocycles. The van der Waals surface area contributed by atoms with Crippen LogP contribution in [-0.2, 0) is 4.57 Å². The van der Waals surface area contributed by atoms with E-state index in [9.17, 15) is 19.5 Å². The van der Waals surface area contributed by atoms with E-state index in [1.165, 1.54) is 18.2 Å². The van der Waals surface area contributed by atoms with Crippen LogP contribution in [0.5, 0.6) is 0 Å². The van der Waals surface area contributed by atoms with Gasteiger partial charge in [-0.05, 0) is 0 Å². The Balaban J connectivity index is 2.88. The molecular formula is C9H11N2O6P. The lowest BCUT2D eigenvalue weighted by Gasteiger charge is -2.12. The van der Waals surface area contributed by atoms with E-state index in [-0.39, 0.29) is 11.3 Å². The fourth-order valence-electron chi connectivity index (χ4n) is 1.22. The molecule has 1 aromatic carbocycles. The minimum Gasteiger partial charge on any atom is -0.323 e. The van der Waals surface area contributed by atoms with E-state index in [2.05, 4.69) is 0 Å². The molecule has 0 fully saturated rings. The lowest BCUT2D eigenvalue weighted by Crippen LogP contribution is -2.23. The van der Waals surface area contributed by atoms with Crippen molar-refractivity contribution in [3.63, 3.8) is 0 Å². The summed E-state index contributed by atoms with van der Waals surface area (Å²) < 4.78 is 10.8. The van der Waals surface area contributed by atoms with E-state index < -0.39 is 30.5 Å². The number of hydrogen-bond donors (Lipinski definition) is 3. The van der Waals surface area contributed by atoms with E-state index in [0.717, 1.165) is 6.07 Å². The zero-order valence-corrected chi connectivity index (χ0v) is 9.99. The van der Waals surface area contributed by atoms with Gasteiger partial charge in [0.25, 0.3) is 5.69 Å². The van der Waals surface area contributed by atoms with Crippen molar-refractivity contribution < 1.29 is 24.1 Å². The number of hydrogen-bond acceptors (Lipinski definition) is 5. The summed E-state index contributed by atoms with van der Waals surface area (Å²) in [7, 11) is -4.54. The summed E-state index contributed by atoms with van der Waals surface area (Å²) in [6.45, 7) is 0. The third-order valence-electron chi connectivity index (χ3n) is 2.21. The average molecular weight is 274 g/mol. The largest absolute Gasteiger partial charge is 0.342 e. The number of rotatable bonds is 5. The van der Waals surface area contributed by atoms with E-state index in [4.69, 9.17) is 15.5 Å². The van der Waals surface area contributed by atoms with E-state index in [1.807, 2.05) is 0 Å². The molecule has 0 aliphatic rings. The van der Waals surface area contributed by atoms with Crippen LogP contribution >= 0.6 is 7.60 Å². The van der Waals surface area contributed by atoms with Crippen LogP contribution in [0.4, 0.5) is 5.69 Å². The number of carbonyl (C=O) groups excluding carboxylic acids is 1. The Bertz CT molecular complexity index is 526. The summed E-state index contributed by atoms with van der Waals surface area (Å²) in [5, 5.41) is 10.5. The first-order valence-corrected chi connectivity index (χ1v) is 6.48. The molecule has 9 heteroatoms. The Morgan fingerprint density at radius 3 is 2.61 bits per heavy atom. The van der Waals surface area contributed by atoms with Crippen molar-refractivity contribution in [3.05, 3.63) is 39.9 Å². The van der Waals surface area contributed by atoms with E-state index >= 15 is 0 Å². The SMILES string of the molecule is N[C@H](CC(=O)c1cccc([N+](=O)[O-])c1)P(=O)(O)O. The number of nitrogens with zero attached hydrogens (tertiary/aromatic N) is 1. The molecule has 0 amide bonds. The molecule has 1 rings (SSSR count). The molecule has 98 valence electrons. The maximum atomic E-state index is 11.6. The van der Waals surface area contributed by atoms with Crippen molar-refractivity contribution in [3.8, 4) is 0 Å². The quantitative estimate of drug-likeness (QED) is 0.309. The van der Waals surface area contributed by atoms with Gasteiger partial charge in [0.2, 0.25) is 0 Å². The Hall–Kier alpha value is -1.60. The first-order chi connectivity index (χ1) is 8.21. The molecule has 0 aliphatic heterocycles. The Kier molecular flexibility index (Phi) is 4.31. The number of Topliss-reactive ketones (excluding diaryl/α,β-unsaturated/α-hetero) is 1. The minimum atomic E-state index is -4.54. The molecule has 0 aromatic heterocycles. The Morgan fingerprint density at radius 2 is 2.11 bits per heavy atom. The van der Waals surface area contributed by atoms with Gasteiger partial charge in [-0.15, -0.1) is 0 Å². The van der Waals surface area contributed by atoms with Crippen molar-refractivity contribution >= 4 is 19.1 Å². The highest BCUT2D eigenvalue weighted by atomic mass is 31.2. The lowest BCUT2D eigenvalue weighted by molar-refractivity contribution is -0.384. The number of nitro benzene ring substituents is 1. The number of benzene rings is 1. The predicted octanol–water partition coefficient (Wildman–Crippen LogP) is 0.630. The van der Waals surface area contributed by atoms with Crippen LogP contribution in [0.25, 0.3) is 0 Å². The van der Waals surface area contributed by atoms with Crippen molar-refractivity contribution in [1.82, 2.24) is 0 Å². The van der Waals surface area contributed by atoms with Crippen molar-refractivity contribution in [1.29, 1.82) is 0 Å². The van der Waals surface area contributed by atoms with Crippen LogP contribution < -0.4 is 5.73 Å². The summed E-state index contributed by atoms with van der Waals surface area (Å²) in [5.74, 6) is -2.27. The zero-order valence-electron chi connectivity index (χ0n) is 9.09. The van der Waals surface area contributed by atoms with Gasteiger partial charge in [-0.3, -0.25) is 19.5 Å². The van der Waals surface area contributed by atoms with Crippen LogP contribution in [0.1, 0.15) is 16.8 Å². The van der Waals surface area contributed by atoms with Gasteiger partial charge in [-0.25, -0.2) is 0 Å². The monoisotopic (exact) mass is 274 g/mol. The van der Waals surface area contributed by atoms with E-state index in [0.29, 0.717) is 0 Å². The topological polar surface area (TPSA) is 144 Å². The number of nitrogens with two attached hydrogens (primary N) is 1. The van der Waals surface area contributed by atoms with Crippen LogP contribution in [0, 0.1) is 10.1 Å². The molecule has 0 saturated carbocycles. The molecule has 0 bridgehead atoms. The smallest absolute Gasteiger partial charge is 0.323 e. The van der Waals surface area contributed by atoms with Crippen molar-refractivity contribution in [2.24, 2.45) is 5.73 Å². The fraction of sp³-hybridized carbons (Fsp3) is 0.222. The van der Waals surface area contributed by atoms with Crippen LogP contribution in [0.2, 0.25) is 0 Å². The van der Waals surface area contributed by atoms with Crippen molar-refractivity contribution in [2.75, 3.05) is 0 Å². The highest BCUT2D eigenvalue weighted by Gasteiger charge is 2.27. The second-order valence-electron chi connectivity index (χ2n) is 3.59. The van der Waals surface area contributed by atoms with Gasteiger partial charge in [0.05, 0.1) is 4.92 Å². The molecule has 0 heterocycles. The first-order valence-electron chi connectivity index (χ1n) is 4.80. The molecule has 4 N–H and O–H groups in total. The predicted molar refractivity (Wildman–Crippen MR) is 62.1 cm³/mol. The van der Waals surface area contributed by atoms with Gasteiger partial charge in [-0.1, -0.05) is 12.1 Å². The lowest BCUT2D eigenvalue weighted by atomic mass is 10.1. The molecule has 8 nitrogen and oxygen atoms in total. The van der Waals surface area contributed by atoms with Gasteiger partial charge >= 0.3 is 7.60 Å². The van der Waals surface area contributed by atoms with E-state index in [1.54, 1.807) is 0 Å². The maximum absolute atomic E-state index is 11.6. The van der Waals surface area contributed by atoms with Crippen LogP contribution in [0.3, 0.4) is 0 Å². The summed E-state index contributed by atoms with van der Waals surface area (Å²) in [6.07, 6.45) is -0.578. The van der Waals surface area contributed by atoms with Crippen LogP contribution in [0.15, 0.2) is 24.3 Å². The Morgan fingerprint density at radius 1 is 1.50 bits per heavy atom. The Labute approximate surface area is 102 Å². The molecule has 0 aliphatic carbocycles. The number of nitro groups is 1. The van der Waals surface area contributed by atoms with Gasteiger partial charge < -0.3 is 15.5 Å². The third-order valence-corrected chi connectivity index (χ3v) is 3.25. The number of carbonyl (C=O) groups is 1. The molecule has 0 unspecified atom stereocenters. The minimum absolute atomic E-state index is 0.00639. The summed E-state index contributed by atoms with van der Waals surface area (Å²) in [6, 6.07) is 4.88. The molecule has 18 heavy (non-hydrogen) atoms. The first kappa shape index (κ1) is 14.5. The maximum Gasteiger partial charge on any atom is 0.342 e. The van der Waals surface area contributed by atoms with Gasteiger partial charge in [0.15, 0.2) is 5.78 Å². The second kappa shape index (κ2) is 5.36. The highest BCUT2D eigenvalue weighted by Crippen LogP contribution is 2.40. The van der Waals surface area contributed by atoms with Gasteiger partial charge in [0, 0.05) is 24.1 Å². The second-order valence-corrected chi connectivity index (χ2v) is 5.43. The summed E-state index contributed by atoms with van der Waals surface area (Å²) >= 11 is 0. The molecule has 1 aromatic rings. The summed E-state index contributed by atoms with van der Waals surface area (Å²) in [5.41, 5.74) is 4.89. The van der Waals surface area contributed by atoms with Crippen LogP contribution in [-0.4, -0.2) is 26.3 Å². The average Bonchev–Trinajstić information content (AvgIpc) is 2.27. The third kappa shape index (κ3) is 3.71.